The van der Waals surface area contributed by atoms with Gasteiger partial charge in [-0.2, -0.15) is 0 Å². The predicted molar refractivity (Wildman–Crippen MR) is 87.2 cm³/mol. The molecule has 1 unspecified atom stereocenters. The first-order valence-electron chi connectivity index (χ1n) is 6.01. The molecule has 0 bridgehead atoms. The van der Waals surface area contributed by atoms with Crippen molar-refractivity contribution in [1.29, 1.82) is 0 Å². The van der Waals surface area contributed by atoms with Crippen LogP contribution in [0.3, 0.4) is 0 Å². The number of hydrogen-bond donors (Lipinski definition) is 1. The molecule has 0 aliphatic rings. The lowest BCUT2D eigenvalue weighted by atomic mass is 10.1. The second-order valence-electron chi connectivity index (χ2n) is 4.22. The third-order valence-electron chi connectivity index (χ3n) is 2.93. The maximum atomic E-state index is 6.23. The lowest BCUT2D eigenvalue weighted by Crippen LogP contribution is -2.13. The van der Waals surface area contributed by atoms with Gasteiger partial charge in [-0.3, -0.25) is 0 Å². The van der Waals surface area contributed by atoms with Crippen LogP contribution in [0.4, 0.5) is 0 Å². The second-order valence-corrected chi connectivity index (χ2v) is 6.63. The van der Waals surface area contributed by atoms with Gasteiger partial charge in [0.1, 0.15) is 0 Å². The number of hydrogen-bond acceptors (Lipinski definition) is 2. The minimum atomic E-state index is 0.294. The van der Waals surface area contributed by atoms with Crippen LogP contribution in [0.15, 0.2) is 56.7 Å². The van der Waals surface area contributed by atoms with Crippen LogP contribution < -0.4 is 5.32 Å². The summed E-state index contributed by atoms with van der Waals surface area (Å²) in [4.78, 5) is 2.30. The molecule has 2 rings (SSSR count). The molecule has 4 heteroatoms. The van der Waals surface area contributed by atoms with Crippen LogP contribution in [0.25, 0.3) is 0 Å². The summed E-state index contributed by atoms with van der Waals surface area (Å²) >= 11 is 11.5. The van der Waals surface area contributed by atoms with Crippen molar-refractivity contribution in [2.75, 3.05) is 7.05 Å². The van der Waals surface area contributed by atoms with E-state index in [1.165, 1.54) is 10.5 Å². The van der Waals surface area contributed by atoms with Gasteiger partial charge >= 0.3 is 0 Å². The topological polar surface area (TPSA) is 12.0 Å². The zero-order valence-corrected chi connectivity index (χ0v) is 13.9. The quantitative estimate of drug-likeness (QED) is 0.772. The molecule has 19 heavy (non-hydrogen) atoms. The standard InChI is InChI=1S/C15H15BrClNS/c1-10(18-2)12-9-11(16)7-8-14(12)19-15-6-4-3-5-13(15)17/h3-10,18H,1-2H3. The van der Waals surface area contributed by atoms with E-state index in [1.807, 2.05) is 31.3 Å². The highest BCUT2D eigenvalue weighted by Crippen LogP contribution is 2.37. The second kappa shape index (κ2) is 6.80. The molecule has 0 amide bonds. The normalized spacial score (nSPS) is 12.4. The van der Waals surface area contributed by atoms with Gasteiger partial charge in [0, 0.05) is 20.3 Å². The summed E-state index contributed by atoms with van der Waals surface area (Å²) in [5, 5.41) is 4.07. The third kappa shape index (κ3) is 3.76. The van der Waals surface area contributed by atoms with Crippen LogP contribution in [-0.2, 0) is 0 Å². The molecule has 0 heterocycles. The Bertz CT molecular complexity index is 574. The molecule has 0 aromatic heterocycles. The van der Waals surface area contributed by atoms with Gasteiger partial charge in [0.25, 0.3) is 0 Å². The summed E-state index contributed by atoms with van der Waals surface area (Å²) in [6.45, 7) is 2.15. The molecule has 0 spiro atoms. The third-order valence-corrected chi connectivity index (χ3v) is 5.03. The van der Waals surface area contributed by atoms with Crippen LogP contribution in [-0.4, -0.2) is 7.05 Å². The lowest BCUT2D eigenvalue weighted by Gasteiger charge is -2.16. The number of nitrogens with one attached hydrogen (secondary N) is 1. The zero-order valence-electron chi connectivity index (χ0n) is 10.8. The van der Waals surface area contributed by atoms with Crippen molar-refractivity contribution in [2.24, 2.45) is 0 Å². The molecule has 0 aliphatic heterocycles. The molecule has 1 atom stereocenters. The Morgan fingerprint density at radius 2 is 1.89 bits per heavy atom. The average molecular weight is 357 g/mol. The van der Waals surface area contributed by atoms with E-state index in [4.69, 9.17) is 11.6 Å². The fraction of sp³-hybridized carbons (Fsp3) is 0.200. The van der Waals surface area contributed by atoms with E-state index in [1.54, 1.807) is 11.8 Å². The van der Waals surface area contributed by atoms with E-state index >= 15 is 0 Å². The van der Waals surface area contributed by atoms with Crippen LogP contribution in [0.5, 0.6) is 0 Å². The summed E-state index contributed by atoms with van der Waals surface area (Å²) in [7, 11) is 1.97. The Hall–Kier alpha value is -0.480. The highest BCUT2D eigenvalue weighted by molar-refractivity contribution is 9.10. The minimum absolute atomic E-state index is 0.294. The first-order chi connectivity index (χ1) is 9.11. The van der Waals surface area contributed by atoms with Gasteiger partial charge in [-0.25, -0.2) is 0 Å². The van der Waals surface area contributed by atoms with Gasteiger partial charge in [-0.15, -0.1) is 0 Å². The van der Waals surface area contributed by atoms with Gasteiger partial charge in [0.15, 0.2) is 0 Å². The van der Waals surface area contributed by atoms with Gasteiger partial charge in [-0.1, -0.05) is 51.4 Å². The molecular formula is C15H15BrClNS. The highest BCUT2D eigenvalue weighted by Gasteiger charge is 2.12. The highest BCUT2D eigenvalue weighted by atomic mass is 79.9. The summed E-state index contributed by atoms with van der Waals surface area (Å²) in [5.74, 6) is 0. The average Bonchev–Trinajstić information content (AvgIpc) is 2.42. The van der Waals surface area contributed by atoms with E-state index < -0.39 is 0 Å². The maximum absolute atomic E-state index is 6.23. The Kier molecular flexibility index (Phi) is 5.34. The predicted octanol–water partition coefficient (Wildman–Crippen LogP) is 5.53. The molecule has 0 fully saturated rings. The molecular weight excluding hydrogens is 342 g/mol. The van der Waals surface area contributed by atoms with E-state index in [0.717, 1.165) is 14.4 Å². The number of rotatable bonds is 4. The molecule has 2 aromatic carbocycles. The molecule has 0 radical (unpaired) electrons. The zero-order chi connectivity index (χ0) is 13.8. The van der Waals surface area contributed by atoms with Crippen LogP contribution in [0.2, 0.25) is 5.02 Å². The van der Waals surface area contributed by atoms with E-state index in [0.29, 0.717) is 6.04 Å². The Morgan fingerprint density at radius 3 is 2.58 bits per heavy atom. The van der Waals surface area contributed by atoms with Crippen molar-refractivity contribution in [3.63, 3.8) is 0 Å². The van der Waals surface area contributed by atoms with Gasteiger partial charge in [-0.05, 0) is 49.9 Å². The van der Waals surface area contributed by atoms with Crippen molar-refractivity contribution >= 4 is 39.3 Å². The molecule has 2 aromatic rings. The van der Waals surface area contributed by atoms with E-state index in [9.17, 15) is 0 Å². The van der Waals surface area contributed by atoms with Crippen molar-refractivity contribution in [3.05, 3.63) is 57.5 Å². The van der Waals surface area contributed by atoms with Crippen LogP contribution >= 0.6 is 39.3 Å². The van der Waals surface area contributed by atoms with Gasteiger partial charge in [0.05, 0.1) is 5.02 Å². The molecule has 0 saturated heterocycles. The van der Waals surface area contributed by atoms with Crippen molar-refractivity contribution in [3.8, 4) is 0 Å². The summed E-state index contributed by atoms with van der Waals surface area (Å²) in [5.41, 5.74) is 1.27. The Morgan fingerprint density at radius 1 is 1.16 bits per heavy atom. The lowest BCUT2D eigenvalue weighted by molar-refractivity contribution is 0.641. The van der Waals surface area contributed by atoms with E-state index in [2.05, 4.69) is 46.4 Å². The smallest absolute Gasteiger partial charge is 0.0545 e. The van der Waals surface area contributed by atoms with Crippen LogP contribution in [0, 0.1) is 0 Å². The summed E-state index contributed by atoms with van der Waals surface area (Å²) in [6, 6.07) is 14.6. The van der Waals surface area contributed by atoms with Crippen molar-refractivity contribution < 1.29 is 0 Å². The van der Waals surface area contributed by atoms with Gasteiger partial charge < -0.3 is 5.32 Å². The van der Waals surface area contributed by atoms with Crippen molar-refractivity contribution in [1.82, 2.24) is 5.32 Å². The first-order valence-corrected chi connectivity index (χ1v) is 7.99. The largest absolute Gasteiger partial charge is 0.313 e. The molecule has 1 nitrogen and oxygen atoms in total. The first kappa shape index (κ1) is 14.9. The fourth-order valence-electron chi connectivity index (χ4n) is 1.75. The maximum Gasteiger partial charge on any atom is 0.0545 e. The fourth-order valence-corrected chi connectivity index (χ4v) is 3.42. The molecule has 1 N–H and O–H groups in total. The molecule has 0 saturated carbocycles. The van der Waals surface area contributed by atoms with E-state index in [-0.39, 0.29) is 0 Å². The van der Waals surface area contributed by atoms with Crippen LogP contribution in [0.1, 0.15) is 18.5 Å². The summed E-state index contributed by atoms with van der Waals surface area (Å²) in [6.07, 6.45) is 0. The summed E-state index contributed by atoms with van der Waals surface area (Å²) < 4.78 is 1.09. The number of benzene rings is 2. The van der Waals surface area contributed by atoms with Gasteiger partial charge in [0.2, 0.25) is 0 Å². The monoisotopic (exact) mass is 355 g/mol. The Balaban J connectivity index is 2.37. The SMILES string of the molecule is CNC(C)c1cc(Br)ccc1Sc1ccccc1Cl. The van der Waals surface area contributed by atoms with Crippen molar-refractivity contribution in [2.45, 2.75) is 22.8 Å². The molecule has 100 valence electrons. The number of halogens is 2. The minimum Gasteiger partial charge on any atom is -0.313 e. The molecule has 0 aliphatic carbocycles. The Labute approximate surface area is 131 Å².